The Labute approximate surface area is 119 Å². The molecule has 2 aromatic rings. The summed E-state index contributed by atoms with van der Waals surface area (Å²) in [7, 11) is 0. The van der Waals surface area contributed by atoms with E-state index < -0.39 is 0 Å². The molecule has 0 bridgehead atoms. The second-order valence-electron chi connectivity index (χ2n) is 4.58. The first-order valence-electron chi connectivity index (χ1n) is 6.16. The van der Waals surface area contributed by atoms with Gasteiger partial charge in [0.25, 0.3) is 0 Å². The van der Waals surface area contributed by atoms with Crippen LogP contribution in [0.1, 0.15) is 12.8 Å². The van der Waals surface area contributed by atoms with E-state index in [1.807, 2.05) is 18.2 Å². The minimum Gasteiger partial charge on any atom is -0.354 e. The summed E-state index contributed by atoms with van der Waals surface area (Å²) in [5.41, 5.74) is 0.903. The topological polar surface area (TPSA) is 66.9 Å². The molecule has 1 atom stereocenters. The fourth-order valence-electron chi connectivity index (χ4n) is 2.11. The van der Waals surface area contributed by atoms with Gasteiger partial charge in [-0.1, -0.05) is 15.9 Å². The second-order valence-corrected chi connectivity index (χ2v) is 5.50. The zero-order valence-electron chi connectivity index (χ0n) is 10.2. The van der Waals surface area contributed by atoms with Crippen molar-refractivity contribution in [3.8, 4) is 0 Å². The smallest absolute Gasteiger partial charge is 0.223 e. The van der Waals surface area contributed by atoms with Gasteiger partial charge in [-0.2, -0.15) is 0 Å². The van der Waals surface area contributed by atoms with Gasteiger partial charge in [0.05, 0.1) is 5.52 Å². The third-order valence-electron chi connectivity index (χ3n) is 3.14. The lowest BCUT2D eigenvalue weighted by molar-refractivity contribution is -0.122. The Morgan fingerprint density at radius 1 is 1.42 bits per heavy atom. The van der Waals surface area contributed by atoms with Crippen LogP contribution in [0.2, 0.25) is 0 Å². The van der Waals surface area contributed by atoms with E-state index in [4.69, 9.17) is 0 Å². The Balaban J connectivity index is 1.78. The van der Waals surface area contributed by atoms with Gasteiger partial charge in [-0.15, -0.1) is 0 Å². The lowest BCUT2D eigenvalue weighted by Crippen LogP contribution is -2.42. The summed E-state index contributed by atoms with van der Waals surface area (Å²) in [6.45, 7) is 0.626. The van der Waals surface area contributed by atoms with Crippen LogP contribution in [-0.2, 0) is 4.79 Å². The number of carbonyl (C=O) groups excluding carboxylic acids is 1. The first-order chi connectivity index (χ1) is 9.20. The quantitative estimate of drug-likeness (QED) is 0.889. The van der Waals surface area contributed by atoms with Crippen LogP contribution in [0, 0.1) is 0 Å². The van der Waals surface area contributed by atoms with E-state index in [0.717, 1.165) is 21.8 Å². The molecule has 0 radical (unpaired) electrons. The number of nitrogens with zero attached hydrogens (tertiary/aromatic N) is 2. The van der Waals surface area contributed by atoms with E-state index in [2.05, 4.69) is 36.5 Å². The van der Waals surface area contributed by atoms with Gasteiger partial charge in [0.2, 0.25) is 11.9 Å². The standard InChI is InChI=1S/C13H13BrN4O/c14-9-1-3-11-8(5-9)6-16-13(18-11)17-10-2-4-12(19)15-7-10/h1,3,5-6,10H,2,4,7H2,(H,15,19)(H,16,17,18). The Morgan fingerprint density at radius 3 is 3.11 bits per heavy atom. The van der Waals surface area contributed by atoms with E-state index in [1.165, 1.54) is 0 Å². The molecule has 2 heterocycles. The molecule has 1 saturated heterocycles. The maximum atomic E-state index is 11.1. The van der Waals surface area contributed by atoms with Crippen LogP contribution in [0.5, 0.6) is 0 Å². The third-order valence-corrected chi connectivity index (χ3v) is 3.63. The fraction of sp³-hybridized carbons (Fsp3) is 0.308. The number of amides is 1. The number of halogens is 1. The maximum absolute atomic E-state index is 11.1. The van der Waals surface area contributed by atoms with E-state index in [0.29, 0.717) is 18.9 Å². The number of nitrogens with one attached hydrogen (secondary N) is 2. The highest BCUT2D eigenvalue weighted by molar-refractivity contribution is 9.10. The number of hydrogen-bond donors (Lipinski definition) is 2. The Bertz CT molecular complexity index is 621. The number of aromatic nitrogens is 2. The van der Waals surface area contributed by atoms with Crippen molar-refractivity contribution >= 4 is 38.7 Å². The molecule has 3 rings (SSSR count). The molecule has 1 unspecified atom stereocenters. The lowest BCUT2D eigenvalue weighted by atomic mass is 10.1. The summed E-state index contributed by atoms with van der Waals surface area (Å²) < 4.78 is 1.01. The molecule has 2 N–H and O–H groups in total. The fourth-order valence-corrected chi connectivity index (χ4v) is 2.49. The molecule has 1 amide bonds. The molecule has 5 nitrogen and oxygen atoms in total. The monoisotopic (exact) mass is 320 g/mol. The summed E-state index contributed by atoms with van der Waals surface area (Å²) in [5, 5.41) is 7.09. The van der Waals surface area contributed by atoms with Crippen molar-refractivity contribution in [3.63, 3.8) is 0 Å². The number of hydrogen-bond acceptors (Lipinski definition) is 4. The van der Waals surface area contributed by atoms with Crippen molar-refractivity contribution in [1.82, 2.24) is 15.3 Å². The molecular weight excluding hydrogens is 308 g/mol. The zero-order valence-corrected chi connectivity index (χ0v) is 11.8. The van der Waals surface area contributed by atoms with Gasteiger partial charge >= 0.3 is 0 Å². The van der Waals surface area contributed by atoms with Gasteiger partial charge in [0, 0.05) is 35.1 Å². The summed E-state index contributed by atoms with van der Waals surface area (Å²) in [4.78, 5) is 19.9. The summed E-state index contributed by atoms with van der Waals surface area (Å²) in [6.07, 6.45) is 3.17. The molecule has 1 aromatic carbocycles. The van der Waals surface area contributed by atoms with Gasteiger partial charge in [-0.3, -0.25) is 4.79 Å². The number of piperidine rings is 1. The molecule has 98 valence electrons. The molecule has 1 aliphatic heterocycles. The van der Waals surface area contributed by atoms with E-state index in [9.17, 15) is 4.79 Å². The Morgan fingerprint density at radius 2 is 2.32 bits per heavy atom. The molecule has 1 aromatic heterocycles. The Kier molecular flexibility index (Phi) is 3.33. The highest BCUT2D eigenvalue weighted by Gasteiger charge is 2.18. The molecule has 19 heavy (non-hydrogen) atoms. The van der Waals surface area contributed by atoms with Gasteiger partial charge in [-0.05, 0) is 24.6 Å². The van der Waals surface area contributed by atoms with Gasteiger partial charge in [0.1, 0.15) is 0 Å². The molecule has 0 saturated carbocycles. The van der Waals surface area contributed by atoms with Crippen LogP contribution in [0.4, 0.5) is 5.95 Å². The first-order valence-corrected chi connectivity index (χ1v) is 6.95. The van der Waals surface area contributed by atoms with Crippen molar-refractivity contribution in [3.05, 3.63) is 28.9 Å². The van der Waals surface area contributed by atoms with Crippen LogP contribution in [0.25, 0.3) is 10.9 Å². The zero-order chi connectivity index (χ0) is 13.2. The number of rotatable bonds is 2. The van der Waals surface area contributed by atoms with Gasteiger partial charge in [-0.25, -0.2) is 9.97 Å². The van der Waals surface area contributed by atoms with E-state index in [1.54, 1.807) is 6.20 Å². The van der Waals surface area contributed by atoms with Crippen molar-refractivity contribution < 1.29 is 4.79 Å². The second kappa shape index (κ2) is 5.13. The maximum Gasteiger partial charge on any atom is 0.223 e. The van der Waals surface area contributed by atoms with Gasteiger partial charge < -0.3 is 10.6 Å². The average molecular weight is 321 g/mol. The van der Waals surface area contributed by atoms with Crippen LogP contribution in [-0.4, -0.2) is 28.5 Å². The number of benzene rings is 1. The van der Waals surface area contributed by atoms with Crippen LogP contribution in [0.3, 0.4) is 0 Å². The van der Waals surface area contributed by atoms with Crippen molar-refractivity contribution in [2.75, 3.05) is 11.9 Å². The first kappa shape index (κ1) is 12.3. The predicted octanol–water partition coefficient (Wildman–Crippen LogP) is 2.08. The average Bonchev–Trinajstić information content (AvgIpc) is 2.42. The third kappa shape index (κ3) is 2.84. The molecule has 1 aliphatic rings. The highest BCUT2D eigenvalue weighted by atomic mass is 79.9. The van der Waals surface area contributed by atoms with Gasteiger partial charge in [0.15, 0.2) is 0 Å². The molecular formula is C13H13BrN4O. The van der Waals surface area contributed by atoms with Crippen molar-refractivity contribution in [1.29, 1.82) is 0 Å². The normalized spacial score (nSPS) is 19.2. The minimum atomic E-state index is 0.113. The van der Waals surface area contributed by atoms with Crippen molar-refractivity contribution in [2.24, 2.45) is 0 Å². The summed E-state index contributed by atoms with van der Waals surface area (Å²) in [5.74, 6) is 0.721. The lowest BCUT2D eigenvalue weighted by Gasteiger charge is -2.23. The number of carbonyl (C=O) groups is 1. The largest absolute Gasteiger partial charge is 0.354 e. The highest BCUT2D eigenvalue weighted by Crippen LogP contribution is 2.19. The van der Waals surface area contributed by atoms with Crippen LogP contribution < -0.4 is 10.6 Å². The Hall–Kier alpha value is -1.69. The predicted molar refractivity (Wildman–Crippen MR) is 76.9 cm³/mol. The van der Waals surface area contributed by atoms with E-state index in [-0.39, 0.29) is 11.9 Å². The SMILES string of the molecule is O=C1CCC(Nc2ncc3cc(Br)ccc3n2)CN1. The van der Waals surface area contributed by atoms with E-state index >= 15 is 0 Å². The molecule has 1 fully saturated rings. The van der Waals surface area contributed by atoms with Crippen LogP contribution >= 0.6 is 15.9 Å². The minimum absolute atomic E-state index is 0.113. The molecule has 0 spiro atoms. The molecule has 6 heteroatoms. The van der Waals surface area contributed by atoms with Crippen molar-refractivity contribution in [2.45, 2.75) is 18.9 Å². The molecule has 0 aliphatic carbocycles. The number of anilines is 1. The number of fused-ring (bicyclic) bond motifs is 1. The van der Waals surface area contributed by atoms with Crippen LogP contribution in [0.15, 0.2) is 28.9 Å². The summed E-state index contributed by atoms with van der Waals surface area (Å²) in [6, 6.07) is 6.10. The summed E-state index contributed by atoms with van der Waals surface area (Å²) >= 11 is 3.42.